The Morgan fingerprint density at radius 3 is 2.23 bits per heavy atom. The number of sulfonamides is 1. The number of carbonyl (C=O) groups is 2. The summed E-state index contributed by atoms with van der Waals surface area (Å²) in [4.78, 5) is 28.7. The Morgan fingerprint density at radius 1 is 0.897 bits per heavy atom. The molecule has 0 aliphatic rings. The van der Waals surface area contributed by atoms with Crippen LogP contribution in [-0.4, -0.2) is 44.3 Å². The number of aryl methyl sites for hydroxylation is 3. The quantitative estimate of drug-likeness (QED) is 0.317. The summed E-state index contributed by atoms with van der Waals surface area (Å²) in [7, 11) is -4.08. The summed E-state index contributed by atoms with van der Waals surface area (Å²) in [5.41, 5.74) is 3.91. The number of nitrogens with one attached hydrogen (secondary N) is 1. The van der Waals surface area contributed by atoms with Crippen molar-refractivity contribution in [1.82, 2.24) is 10.2 Å². The van der Waals surface area contributed by atoms with Crippen LogP contribution in [0, 0.1) is 20.8 Å². The van der Waals surface area contributed by atoms with E-state index in [9.17, 15) is 18.0 Å². The zero-order valence-corrected chi connectivity index (χ0v) is 24.3. The predicted octanol–water partition coefficient (Wildman–Crippen LogP) is 5.14. The van der Waals surface area contributed by atoms with Crippen molar-refractivity contribution in [1.29, 1.82) is 0 Å². The highest BCUT2D eigenvalue weighted by atomic mass is 32.2. The van der Waals surface area contributed by atoms with Gasteiger partial charge < -0.3 is 10.2 Å². The van der Waals surface area contributed by atoms with Crippen LogP contribution in [-0.2, 0) is 26.2 Å². The van der Waals surface area contributed by atoms with Gasteiger partial charge in [0.2, 0.25) is 11.8 Å². The van der Waals surface area contributed by atoms with Crippen molar-refractivity contribution in [3.8, 4) is 0 Å². The fraction of sp³-hybridized carbons (Fsp3) is 0.355. The first kappa shape index (κ1) is 29.9. The molecule has 2 amide bonds. The molecule has 0 saturated heterocycles. The van der Waals surface area contributed by atoms with Gasteiger partial charge in [0.25, 0.3) is 10.0 Å². The molecule has 1 atom stereocenters. The minimum atomic E-state index is -4.08. The lowest BCUT2D eigenvalue weighted by atomic mass is 10.1. The van der Waals surface area contributed by atoms with Crippen molar-refractivity contribution in [3.63, 3.8) is 0 Å². The van der Waals surface area contributed by atoms with Crippen LogP contribution in [0.5, 0.6) is 0 Å². The average Bonchev–Trinajstić information content (AvgIpc) is 2.92. The van der Waals surface area contributed by atoms with Gasteiger partial charge in [-0.2, -0.15) is 0 Å². The molecular formula is C31H39N3O4S. The molecule has 3 aromatic carbocycles. The normalized spacial score (nSPS) is 12.0. The second-order valence-electron chi connectivity index (χ2n) is 9.88. The number of anilines is 1. The number of amides is 2. The Balaban J connectivity index is 2.04. The molecule has 3 aromatic rings. The van der Waals surface area contributed by atoms with Crippen LogP contribution in [0.15, 0.2) is 77.7 Å². The molecule has 3 rings (SSSR count). The maximum absolute atomic E-state index is 14.0. The summed E-state index contributed by atoms with van der Waals surface area (Å²) in [5, 5.41) is 2.91. The minimum absolute atomic E-state index is 0.0921. The SMILES string of the molecule is CCCCNC(=O)[C@H](C)N(Cc1ccccc1C)C(=O)CN(c1cc(C)ccc1C)S(=O)(=O)c1ccccc1. The third-order valence-electron chi connectivity index (χ3n) is 6.84. The van der Waals surface area contributed by atoms with Gasteiger partial charge in [-0.15, -0.1) is 0 Å². The van der Waals surface area contributed by atoms with Crippen molar-refractivity contribution in [3.05, 3.63) is 95.1 Å². The van der Waals surface area contributed by atoms with E-state index in [0.29, 0.717) is 12.2 Å². The molecule has 208 valence electrons. The molecule has 0 saturated carbocycles. The Morgan fingerprint density at radius 2 is 1.56 bits per heavy atom. The van der Waals surface area contributed by atoms with Gasteiger partial charge in [0.1, 0.15) is 12.6 Å². The van der Waals surface area contributed by atoms with Crippen LogP contribution in [0.2, 0.25) is 0 Å². The zero-order valence-electron chi connectivity index (χ0n) is 23.5. The van der Waals surface area contributed by atoms with Gasteiger partial charge in [0.05, 0.1) is 10.6 Å². The van der Waals surface area contributed by atoms with E-state index in [-0.39, 0.29) is 17.3 Å². The van der Waals surface area contributed by atoms with Gasteiger partial charge in [-0.1, -0.05) is 67.9 Å². The molecule has 0 radical (unpaired) electrons. The predicted molar refractivity (Wildman–Crippen MR) is 156 cm³/mol. The minimum Gasteiger partial charge on any atom is -0.354 e. The van der Waals surface area contributed by atoms with Crippen molar-refractivity contribution < 1.29 is 18.0 Å². The molecular weight excluding hydrogens is 510 g/mol. The molecule has 0 aliphatic heterocycles. The zero-order chi connectivity index (χ0) is 28.6. The number of carbonyl (C=O) groups excluding carboxylic acids is 2. The number of unbranched alkanes of at least 4 members (excludes halogenated alkanes) is 1. The molecule has 0 spiro atoms. The van der Waals surface area contributed by atoms with E-state index in [1.807, 2.05) is 64.1 Å². The van der Waals surface area contributed by atoms with E-state index in [1.54, 1.807) is 31.2 Å². The van der Waals surface area contributed by atoms with Crippen LogP contribution in [0.4, 0.5) is 5.69 Å². The van der Waals surface area contributed by atoms with Crippen LogP contribution in [0.1, 0.15) is 48.9 Å². The monoisotopic (exact) mass is 549 g/mol. The van der Waals surface area contributed by atoms with E-state index in [4.69, 9.17) is 0 Å². The first-order chi connectivity index (χ1) is 18.6. The molecule has 39 heavy (non-hydrogen) atoms. The fourth-order valence-corrected chi connectivity index (χ4v) is 5.80. The number of nitrogens with zero attached hydrogens (tertiary/aromatic N) is 2. The molecule has 0 aliphatic carbocycles. The summed E-state index contributed by atoms with van der Waals surface area (Å²) in [6.45, 7) is 9.63. The van der Waals surface area contributed by atoms with Gasteiger partial charge in [-0.05, 0) is 74.6 Å². The Kier molecular flexibility index (Phi) is 10.3. The lowest BCUT2D eigenvalue weighted by Gasteiger charge is -2.33. The van der Waals surface area contributed by atoms with Crippen LogP contribution in [0.3, 0.4) is 0 Å². The molecule has 0 bridgehead atoms. The first-order valence-electron chi connectivity index (χ1n) is 13.3. The third kappa shape index (κ3) is 7.47. The summed E-state index contributed by atoms with van der Waals surface area (Å²) < 4.78 is 29.0. The van der Waals surface area contributed by atoms with E-state index < -0.39 is 28.5 Å². The Hall–Kier alpha value is -3.65. The number of hydrogen-bond acceptors (Lipinski definition) is 4. The van der Waals surface area contributed by atoms with Gasteiger partial charge in [-0.25, -0.2) is 8.42 Å². The van der Waals surface area contributed by atoms with Crippen molar-refractivity contribution >= 4 is 27.5 Å². The second kappa shape index (κ2) is 13.4. The third-order valence-corrected chi connectivity index (χ3v) is 8.62. The largest absolute Gasteiger partial charge is 0.354 e. The van der Waals surface area contributed by atoms with E-state index in [0.717, 1.165) is 35.1 Å². The maximum Gasteiger partial charge on any atom is 0.264 e. The highest BCUT2D eigenvalue weighted by Crippen LogP contribution is 2.28. The molecule has 8 heteroatoms. The van der Waals surface area contributed by atoms with Crippen LogP contribution in [0.25, 0.3) is 0 Å². The Labute approximate surface area is 232 Å². The molecule has 0 fully saturated rings. The maximum atomic E-state index is 14.0. The van der Waals surface area contributed by atoms with Gasteiger partial charge in [-0.3, -0.25) is 13.9 Å². The van der Waals surface area contributed by atoms with E-state index in [1.165, 1.54) is 21.3 Å². The van der Waals surface area contributed by atoms with Gasteiger partial charge in [0.15, 0.2) is 0 Å². The Bertz CT molecular complexity index is 1390. The summed E-state index contributed by atoms with van der Waals surface area (Å²) >= 11 is 0. The topological polar surface area (TPSA) is 86.8 Å². The molecule has 0 heterocycles. The highest BCUT2D eigenvalue weighted by molar-refractivity contribution is 7.92. The van der Waals surface area contributed by atoms with Crippen LogP contribution < -0.4 is 9.62 Å². The van der Waals surface area contributed by atoms with E-state index >= 15 is 0 Å². The average molecular weight is 550 g/mol. The summed E-state index contributed by atoms with van der Waals surface area (Å²) in [6.07, 6.45) is 1.77. The van der Waals surface area contributed by atoms with Gasteiger partial charge in [0, 0.05) is 13.1 Å². The molecule has 1 N–H and O–H groups in total. The number of benzene rings is 3. The van der Waals surface area contributed by atoms with Crippen molar-refractivity contribution in [2.24, 2.45) is 0 Å². The lowest BCUT2D eigenvalue weighted by Crippen LogP contribution is -2.51. The number of hydrogen-bond donors (Lipinski definition) is 1. The molecule has 0 unspecified atom stereocenters. The second-order valence-corrected chi connectivity index (χ2v) is 11.7. The summed E-state index contributed by atoms with van der Waals surface area (Å²) in [5.74, 6) is -0.730. The van der Waals surface area contributed by atoms with Crippen molar-refractivity contribution in [2.75, 3.05) is 17.4 Å². The van der Waals surface area contributed by atoms with Crippen LogP contribution >= 0.6 is 0 Å². The smallest absolute Gasteiger partial charge is 0.264 e. The fourth-order valence-electron chi connectivity index (χ4n) is 4.31. The van der Waals surface area contributed by atoms with Crippen molar-refractivity contribution in [2.45, 2.75) is 64.9 Å². The van der Waals surface area contributed by atoms with Gasteiger partial charge >= 0.3 is 0 Å². The molecule has 7 nitrogen and oxygen atoms in total. The van der Waals surface area contributed by atoms with E-state index in [2.05, 4.69) is 5.32 Å². The molecule has 0 aromatic heterocycles. The summed E-state index contributed by atoms with van der Waals surface area (Å²) in [6, 6.07) is 20.5. The lowest BCUT2D eigenvalue weighted by molar-refractivity contribution is -0.139. The highest BCUT2D eigenvalue weighted by Gasteiger charge is 2.33. The first-order valence-corrected chi connectivity index (χ1v) is 14.8. The number of rotatable bonds is 12. The standard InChI is InChI=1S/C31H39N3O4S/c1-6-7-19-32-31(36)26(5)33(21-27-14-12-11-13-24(27)3)30(35)22-34(29-20-23(2)17-18-25(29)4)39(37,38)28-15-9-8-10-16-28/h8-18,20,26H,6-7,19,21-22H2,1-5H3,(H,32,36)/t26-/m0/s1.